The molecule has 1 aliphatic carbocycles. The van der Waals surface area contributed by atoms with Gasteiger partial charge in [-0.1, -0.05) is 13.8 Å². The molecule has 1 saturated carbocycles. The van der Waals surface area contributed by atoms with Crippen LogP contribution in [0, 0.1) is 17.8 Å². The van der Waals surface area contributed by atoms with Crippen LogP contribution in [0.3, 0.4) is 0 Å². The minimum atomic E-state index is 0.893. The summed E-state index contributed by atoms with van der Waals surface area (Å²) < 4.78 is 6.75. The average Bonchev–Trinajstić information content (AvgIpc) is 2.30. The molecular weight excluding hydrogens is 210 g/mol. The first-order chi connectivity index (χ1) is 8.09. The highest BCUT2D eigenvalue weighted by Gasteiger charge is 2.31. The Hall–Kier alpha value is -0.0800. The summed E-state index contributed by atoms with van der Waals surface area (Å²) in [6.07, 6.45) is 5.88. The lowest BCUT2D eigenvalue weighted by Crippen LogP contribution is -2.54. The highest BCUT2D eigenvalue weighted by molar-refractivity contribution is 4.74. The molecule has 1 heterocycles. The van der Waals surface area contributed by atoms with Crippen LogP contribution in [0.5, 0.6) is 0 Å². The van der Waals surface area contributed by atoms with Crippen molar-refractivity contribution in [3.8, 4) is 0 Å². The molecule has 0 N–H and O–H groups in total. The highest BCUT2D eigenvalue weighted by Crippen LogP contribution is 2.34. The summed E-state index contributed by atoms with van der Waals surface area (Å²) in [4.78, 5) is 0. The molecule has 0 bridgehead atoms. The summed E-state index contributed by atoms with van der Waals surface area (Å²) in [5.74, 6) is 2.87. The molecule has 0 aromatic rings. The fourth-order valence-corrected chi connectivity index (χ4v) is 3.63. The van der Waals surface area contributed by atoms with Crippen LogP contribution in [0.15, 0.2) is 0 Å². The van der Waals surface area contributed by atoms with Gasteiger partial charge in [-0.05, 0) is 37.5 Å². The van der Waals surface area contributed by atoms with Crippen molar-refractivity contribution < 1.29 is 9.22 Å². The van der Waals surface area contributed by atoms with E-state index in [0.29, 0.717) is 0 Å². The zero-order chi connectivity index (χ0) is 12.3. The molecule has 0 spiro atoms. The molecule has 0 aromatic heterocycles. The number of likely N-dealkylation sites (N-methyl/N-ethyl adjacent to an activating group) is 1. The Balaban J connectivity index is 1.77. The third-order valence-electron chi connectivity index (χ3n) is 5.08. The van der Waals surface area contributed by atoms with Gasteiger partial charge in [0.2, 0.25) is 0 Å². The van der Waals surface area contributed by atoms with Crippen molar-refractivity contribution in [2.45, 2.75) is 39.5 Å². The third kappa shape index (κ3) is 3.69. The summed E-state index contributed by atoms with van der Waals surface area (Å²) in [5, 5.41) is 0. The number of hydrogen-bond acceptors (Lipinski definition) is 1. The van der Waals surface area contributed by atoms with Gasteiger partial charge >= 0.3 is 0 Å². The van der Waals surface area contributed by atoms with Crippen LogP contribution in [0.2, 0.25) is 0 Å². The SMILES string of the molecule is CC(C)C1CCC(C[N+]2(C)CCOCC2)CC1. The molecule has 2 nitrogen and oxygen atoms in total. The van der Waals surface area contributed by atoms with Gasteiger partial charge in [-0.3, -0.25) is 0 Å². The molecule has 0 radical (unpaired) electrons. The van der Waals surface area contributed by atoms with Gasteiger partial charge in [0.05, 0.1) is 26.8 Å². The molecule has 100 valence electrons. The first kappa shape index (κ1) is 13.4. The molecule has 2 fully saturated rings. The largest absolute Gasteiger partial charge is 0.370 e. The summed E-state index contributed by atoms with van der Waals surface area (Å²) >= 11 is 0. The number of nitrogens with zero attached hydrogens (tertiary/aromatic N) is 1. The first-order valence-corrected chi connectivity index (χ1v) is 7.50. The molecule has 0 atom stereocenters. The second-order valence-electron chi connectivity index (χ2n) is 6.89. The Morgan fingerprint density at radius 3 is 2.18 bits per heavy atom. The molecule has 2 heteroatoms. The van der Waals surface area contributed by atoms with E-state index in [0.717, 1.165) is 31.0 Å². The van der Waals surface area contributed by atoms with E-state index < -0.39 is 0 Å². The maximum Gasteiger partial charge on any atom is 0.102 e. The van der Waals surface area contributed by atoms with Crippen LogP contribution in [0.1, 0.15) is 39.5 Å². The minimum Gasteiger partial charge on any atom is -0.370 e. The van der Waals surface area contributed by atoms with Crippen molar-refractivity contribution in [2.24, 2.45) is 17.8 Å². The molecule has 1 aliphatic heterocycles. The van der Waals surface area contributed by atoms with Gasteiger partial charge in [-0.15, -0.1) is 0 Å². The van der Waals surface area contributed by atoms with Crippen LogP contribution in [-0.2, 0) is 4.74 Å². The van der Waals surface area contributed by atoms with E-state index in [4.69, 9.17) is 4.74 Å². The number of hydrogen-bond donors (Lipinski definition) is 0. The van der Waals surface area contributed by atoms with Crippen LogP contribution in [0.4, 0.5) is 0 Å². The topological polar surface area (TPSA) is 9.23 Å². The quantitative estimate of drug-likeness (QED) is 0.689. The molecule has 17 heavy (non-hydrogen) atoms. The summed E-state index contributed by atoms with van der Waals surface area (Å²) in [6, 6.07) is 0. The van der Waals surface area contributed by atoms with Crippen molar-refractivity contribution in [3.05, 3.63) is 0 Å². The number of ether oxygens (including phenoxy) is 1. The summed E-state index contributed by atoms with van der Waals surface area (Å²) in [5.41, 5.74) is 0. The van der Waals surface area contributed by atoms with Crippen LogP contribution in [-0.4, -0.2) is 44.4 Å². The zero-order valence-corrected chi connectivity index (χ0v) is 12.0. The second kappa shape index (κ2) is 5.71. The van der Waals surface area contributed by atoms with Gasteiger partial charge in [0.1, 0.15) is 13.1 Å². The normalized spacial score (nSPS) is 33.9. The molecule has 1 saturated heterocycles. The molecular formula is C15H30NO+. The summed E-state index contributed by atoms with van der Waals surface area (Å²) in [6.45, 7) is 10.6. The zero-order valence-electron chi connectivity index (χ0n) is 12.0. The van der Waals surface area contributed by atoms with E-state index in [1.165, 1.54) is 49.8 Å². The molecule has 2 rings (SSSR count). The molecule has 2 aliphatic rings. The Morgan fingerprint density at radius 1 is 1.06 bits per heavy atom. The fraction of sp³-hybridized carbons (Fsp3) is 1.00. The predicted molar refractivity (Wildman–Crippen MR) is 71.9 cm³/mol. The van der Waals surface area contributed by atoms with Gasteiger partial charge < -0.3 is 9.22 Å². The van der Waals surface area contributed by atoms with Gasteiger partial charge in [-0.25, -0.2) is 0 Å². The summed E-state index contributed by atoms with van der Waals surface area (Å²) in [7, 11) is 2.43. The molecule has 0 aromatic carbocycles. The Morgan fingerprint density at radius 2 is 1.65 bits per heavy atom. The highest BCUT2D eigenvalue weighted by atomic mass is 16.5. The van der Waals surface area contributed by atoms with E-state index in [1.807, 2.05) is 0 Å². The van der Waals surface area contributed by atoms with Crippen molar-refractivity contribution in [2.75, 3.05) is 39.9 Å². The number of quaternary nitrogens is 1. The second-order valence-corrected chi connectivity index (χ2v) is 6.89. The van der Waals surface area contributed by atoms with Gasteiger partial charge in [0.15, 0.2) is 0 Å². The van der Waals surface area contributed by atoms with E-state index in [2.05, 4.69) is 20.9 Å². The van der Waals surface area contributed by atoms with Crippen molar-refractivity contribution >= 4 is 0 Å². The van der Waals surface area contributed by atoms with Gasteiger partial charge in [0, 0.05) is 5.92 Å². The lowest BCUT2D eigenvalue weighted by Gasteiger charge is -2.41. The predicted octanol–water partition coefficient (Wildman–Crippen LogP) is 2.93. The third-order valence-corrected chi connectivity index (χ3v) is 5.08. The van der Waals surface area contributed by atoms with Crippen molar-refractivity contribution in [1.29, 1.82) is 0 Å². The van der Waals surface area contributed by atoms with Crippen LogP contribution in [0.25, 0.3) is 0 Å². The van der Waals surface area contributed by atoms with E-state index in [9.17, 15) is 0 Å². The minimum absolute atomic E-state index is 0.893. The maximum atomic E-state index is 5.49. The van der Waals surface area contributed by atoms with Crippen molar-refractivity contribution in [1.82, 2.24) is 0 Å². The van der Waals surface area contributed by atoms with Crippen molar-refractivity contribution in [3.63, 3.8) is 0 Å². The monoisotopic (exact) mass is 240 g/mol. The van der Waals surface area contributed by atoms with Crippen LogP contribution < -0.4 is 0 Å². The van der Waals surface area contributed by atoms with Crippen LogP contribution >= 0.6 is 0 Å². The Labute approximate surface area is 107 Å². The average molecular weight is 240 g/mol. The Kier molecular flexibility index (Phi) is 4.48. The molecule has 0 unspecified atom stereocenters. The van der Waals surface area contributed by atoms with Gasteiger partial charge in [-0.2, -0.15) is 0 Å². The smallest absolute Gasteiger partial charge is 0.102 e. The molecule has 0 amide bonds. The van der Waals surface area contributed by atoms with Gasteiger partial charge in [0.25, 0.3) is 0 Å². The maximum absolute atomic E-state index is 5.49. The first-order valence-electron chi connectivity index (χ1n) is 7.50. The number of morpholine rings is 1. The fourth-order valence-electron chi connectivity index (χ4n) is 3.63. The van der Waals surface area contributed by atoms with E-state index in [1.54, 1.807) is 0 Å². The lowest BCUT2D eigenvalue weighted by atomic mass is 9.76. The van der Waals surface area contributed by atoms with E-state index in [-0.39, 0.29) is 0 Å². The van der Waals surface area contributed by atoms with E-state index >= 15 is 0 Å². The standard InChI is InChI=1S/C15H30NO/c1-13(2)15-6-4-14(5-7-15)12-16(3)8-10-17-11-9-16/h13-15H,4-12H2,1-3H3/q+1. The number of rotatable bonds is 3. The Bertz CT molecular complexity index is 225. The lowest BCUT2D eigenvalue weighted by molar-refractivity contribution is -0.920.